The molecule has 0 unspecified atom stereocenters. The van der Waals surface area contributed by atoms with Gasteiger partial charge in [-0.1, -0.05) is 23.2 Å². The highest BCUT2D eigenvalue weighted by molar-refractivity contribution is 8.10. The molecule has 2 saturated heterocycles. The van der Waals surface area contributed by atoms with Crippen LogP contribution in [-0.4, -0.2) is 65.4 Å². The first-order valence-electron chi connectivity index (χ1n) is 13.9. The second-order valence-electron chi connectivity index (χ2n) is 10.7. The molecule has 1 amide bonds. The molecule has 0 N–H and O–H groups in total. The van der Waals surface area contributed by atoms with Gasteiger partial charge in [0.15, 0.2) is 0 Å². The standard InChI is InChI=1S/C30H28Cl2N4O6S3/c1-42-25-4-8-27(9-5-25)45(40,41)36(30-33-12-15-43-30)44(38,39)26-6-2-24(3-7-26)35-14-11-28(29(35)37)34-13-10-20(19-34)21-16-22(31)18-23(32)17-21/h2-9,12,15-18,20,28H,10-11,13-14,19H2,1H3/t20-,28-/m0/s1. The van der Waals surface area contributed by atoms with Crippen molar-refractivity contribution in [1.29, 1.82) is 0 Å². The Morgan fingerprint density at radius 2 is 1.51 bits per heavy atom. The molecule has 2 aliphatic rings. The maximum Gasteiger partial charge on any atom is 0.279 e. The fourth-order valence-electron chi connectivity index (χ4n) is 5.79. The van der Waals surface area contributed by atoms with Crippen LogP contribution in [0.25, 0.3) is 0 Å². The van der Waals surface area contributed by atoms with Crippen molar-refractivity contribution in [1.82, 2.24) is 9.88 Å². The summed E-state index contributed by atoms with van der Waals surface area (Å²) in [5.74, 6) is 0.562. The Hall–Kier alpha value is -3.20. The van der Waals surface area contributed by atoms with E-state index in [2.05, 4.69) is 9.88 Å². The number of rotatable bonds is 9. The van der Waals surface area contributed by atoms with Gasteiger partial charge >= 0.3 is 0 Å². The van der Waals surface area contributed by atoms with Crippen LogP contribution in [0.1, 0.15) is 24.3 Å². The van der Waals surface area contributed by atoms with Gasteiger partial charge in [-0.15, -0.1) is 15.0 Å². The summed E-state index contributed by atoms with van der Waals surface area (Å²) in [7, 11) is -7.77. The lowest BCUT2D eigenvalue weighted by molar-refractivity contribution is -0.121. The SMILES string of the molecule is COc1ccc(S(=O)(=O)N(c2nccs2)S(=O)(=O)c2ccc(N3CC[C@H](N4CC[C@H](c5cc(Cl)cc(Cl)c5)C4)C3=O)cc2)cc1. The molecule has 2 aliphatic heterocycles. The number of likely N-dealkylation sites (tertiary alicyclic amines) is 1. The second-order valence-corrected chi connectivity index (χ2v) is 16.2. The number of ether oxygens (including phenoxy) is 1. The number of sulfonamides is 2. The molecule has 0 aliphatic carbocycles. The molecule has 2 atom stereocenters. The van der Waals surface area contributed by atoms with Crippen LogP contribution in [0.15, 0.2) is 88.1 Å². The molecule has 45 heavy (non-hydrogen) atoms. The maximum absolute atomic E-state index is 13.9. The summed E-state index contributed by atoms with van der Waals surface area (Å²) in [5, 5.41) is 2.43. The highest BCUT2D eigenvalue weighted by Gasteiger charge is 2.41. The third-order valence-corrected chi connectivity index (χ3v) is 13.6. The fourth-order valence-corrected chi connectivity index (χ4v) is 11.0. The number of anilines is 2. The fraction of sp³-hybridized carbons (Fsp3) is 0.267. The monoisotopic (exact) mass is 706 g/mol. The highest BCUT2D eigenvalue weighted by Crippen LogP contribution is 2.36. The van der Waals surface area contributed by atoms with E-state index in [-0.39, 0.29) is 32.8 Å². The average molecular weight is 708 g/mol. The van der Waals surface area contributed by atoms with Gasteiger partial charge in [-0.2, -0.15) is 16.8 Å². The number of nitrogens with zero attached hydrogens (tertiary/aromatic N) is 4. The first kappa shape index (κ1) is 31.8. The molecule has 0 bridgehead atoms. The van der Waals surface area contributed by atoms with Gasteiger partial charge in [0.1, 0.15) is 5.75 Å². The van der Waals surface area contributed by atoms with E-state index in [1.54, 1.807) is 11.0 Å². The summed E-state index contributed by atoms with van der Waals surface area (Å²) >= 11 is 13.3. The van der Waals surface area contributed by atoms with Crippen molar-refractivity contribution in [2.45, 2.75) is 34.6 Å². The molecular formula is C30H28Cl2N4O6S3. The molecule has 10 nitrogen and oxygen atoms in total. The molecule has 0 radical (unpaired) electrons. The Kier molecular flexibility index (Phi) is 8.85. The number of halogens is 2. The van der Waals surface area contributed by atoms with Gasteiger partial charge in [0.2, 0.25) is 11.0 Å². The molecule has 15 heteroatoms. The summed E-state index contributed by atoms with van der Waals surface area (Å²) in [6.07, 6.45) is 2.83. The van der Waals surface area contributed by atoms with Crippen LogP contribution >= 0.6 is 34.5 Å². The third kappa shape index (κ3) is 6.17. The number of amides is 1. The maximum atomic E-state index is 13.9. The number of benzene rings is 3. The molecular weight excluding hydrogens is 679 g/mol. The van der Waals surface area contributed by atoms with Crippen LogP contribution in [0.5, 0.6) is 5.75 Å². The first-order valence-corrected chi connectivity index (χ1v) is 18.5. The Balaban J connectivity index is 1.21. The minimum Gasteiger partial charge on any atom is -0.497 e. The number of hydrogen-bond donors (Lipinski definition) is 0. The van der Waals surface area contributed by atoms with E-state index in [1.807, 2.05) is 12.1 Å². The van der Waals surface area contributed by atoms with Crippen molar-refractivity contribution >= 4 is 71.3 Å². The Labute approximate surface area is 275 Å². The highest BCUT2D eigenvalue weighted by atomic mass is 35.5. The Morgan fingerprint density at radius 1 is 0.889 bits per heavy atom. The molecule has 4 aromatic rings. The molecule has 2 fully saturated rings. The zero-order valence-corrected chi connectivity index (χ0v) is 27.9. The van der Waals surface area contributed by atoms with Crippen LogP contribution in [0.4, 0.5) is 10.8 Å². The van der Waals surface area contributed by atoms with Crippen molar-refractivity contribution in [3.05, 3.63) is 93.9 Å². The number of hydrogen-bond acceptors (Lipinski definition) is 9. The molecule has 6 rings (SSSR count). The number of methoxy groups -OCH3 is 1. The van der Waals surface area contributed by atoms with Gasteiger partial charge in [0.25, 0.3) is 20.0 Å². The summed E-state index contributed by atoms with van der Waals surface area (Å²) in [6, 6.07) is 16.3. The van der Waals surface area contributed by atoms with Crippen molar-refractivity contribution in [3.8, 4) is 5.75 Å². The minimum absolute atomic E-state index is 0.0677. The predicted octanol–water partition coefficient (Wildman–Crippen LogP) is 5.64. The van der Waals surface area contributed by atoms with Crippen molar-refractivity contribution in [2.24, 2.45) is 0 Å². The van der Waals surface area contributed by atoms with Gasteiger partial charge in [-0.05, 0) is 97.6 Å². The van der Waals surface area contributed by atoms with Crippen LogP contribution in [0.3, 0.4) is 0 Å². The molecule has 0 saturated carbocycles. The molecule has 1 aromatic heterocycles. The normalized spacial score (nSPS) is 19.3. The average Bonchev–Trinajstić information content (AvgIpc) is 3.78. The summed E-state index contributed by atoms with van der Waals surface area (Å²) in [6.45, 7) is 1.93. The summed E-state index contributed by atoms with van der Waals surface area (Å²) < 4.78 is 60.5. The quantitative estimate of drug-likeness (QED) is 0.220. The summed E-state index contributed by atoms with van der Waals surface area (Å²) in [4.78, 5) is 20.9. The molecule has 3 aromatic carbocycles. The van der Waals surface area contributed by atoms with Gasteiger partial charge < -0.3 is 9.64 Å². The van der Waals surface area contributed by atoms with E-state index in [1.165, 1.54) is 67.2 Å². The second kappa shape index (κ2) is 12.5. The van der Waals surface area contributed by atoms with Gasteiger partial charge in [0.05, 0.1) is 22.9 Å². The van der Waals surface area contributed by atoms with E-state index in [9.17, 15) is 21.6 Å². The molecule has 0 spiro atoms. The van der Waals surface area contributed by atoms with E-state index < -0.39 is 20.0 Å². The van der Waals surface area contributed by atoms with Crippen molar-refractivity contribution < 1.29 is 26.4 Å². The van der Waals surface area contributed by atoms with Crippen LogP contribution < -0.4 is 13.3 Å². The van der Waals surface area contributed by atoms with E-state index in [0.29, 0.717) is 44.7 Å². The zero-order valence-electron chi connectivity index (χ0n) is 23.9. The van der Waals surface area contributed by atoms with E-state index >= 15 is 0 Å². The molecule has 236 valence electrons. The minimum atomic E-state index is -4.63. The van der Waals surface area contributed by atoms with E-state index in [4.69, 9.17) is 27.9 Å². The van der Waals surface area contributed by atoms with E-state index in [0.717, 1.165) is 29.9 Å². The third-order valence-electron chi connectivity index (χ3n) is 8.01. The first-order chi connectivity index (χ1) is 21.5. The summed E-state index contributed by atoms with van der Waals surface area (Å²) in [5.41, 5.74) is 1.58. The van der Waals surface area contributed by atoms with Crippen molar-refractivity contribution in [2.75, 3.05) is 35.4 Å². The lowest BCUT2D eigenvalue weighted by Gasteiger charge is -2.24. The number of carbonyl (C=O) groups is 1. The lowest BCUT2D eigenvalue weighted by Crippen LogP contribution is -2.40. The Morgan fingerprint density at radius 3 is 2.09 bits per heavy atom. The Bertz CT molecular complexity index is 1900. The topological polar surface area (TPSA) is 117 Å². The number of thiazole rings is 1. The lowest BCUT2D eigenvalue weighted by atomic mass is 9.98. The number of aromatic nitrogens is 1. The van der Waals surface area contributed by atoms with Gasteiger partial charge in [-0.3, -0.25) is 9.69 Å². The van der Waals surface area contributed by atoms with Crippen molar-refractivity contribution in [3.63, 3.8) is 0 Å². The molecule has 3 heterocycles. The van der Waals surface area contributed by atoms with Crippen LogP contribution in [0, 0.1) is 0 Å². The smallest absolute Gasteiger partial charge is 0.279 e. The van der Waals surface area contributed by atoms with Gasteiger partial charge in [-0.25, -0.2) is 4.98 Å². The van der Waals surface area contributed by atoms with Crippen LogP contribution in [0.2, 0.25) is 10.0 Å². The zero-order chi connectivity index (χ0) is 31.9. The van der Waals surface area contributed by atoms with Gasteiger partial charge in [0, 0.05) is 40.4 Å². The van der Waals surface area contributed by atoms with Crippen LogP contribution in [-0.2, 0) is 24.8 Å². The predicted molar refractivity (Wildman–Crippen MR) is 175 cm³/mol. The largest absolute Gasteiger partial charge is 0.497 e. The number of carbonyl (C=O) groups excluding carboxylic acids is 1.